The van der Waals surface area contributed by atoms with E-state index in [9.17, 15) is 23.0 Å². The van der Waals surface area contributed by atoms with E-state index in [1.807, 2.05) is 0 Å². The highest BCUT2D eigenvalue weighted by molar-refractivity contribution is 7.48. The molecule has 1 aromatic rings. The van der Waals surface area contributed by atoms with Crippen LogP contribution in [-0.2, 0) is 29.9 Å². The first kappa shape index (κ1) is 19.7. The number of phosphoric acid groups is 1. The van der Waals surface area contributed by atoms with Crippen LogP contribution in [0.2, 0.25) is 0 Å². The van der Waals surface area contributed by atoms with E-state index >= 15 is 0 Å². The molecule has 1 rings (SSSR count). The Morgan fingerprint density at radius 1 is 1.09 bits per heavy atom. The maximum absolute atomic E-state index is 12.6. The summed E-state index contributed by atoms with van der Waals surface area (Å²) >= 11 is 0. The SMILES string of the molecule is CCOP(=O)(OCC)OC(C)(C#N)c1ccc(C(F)(F)F)cc1. The minimum absolute atomic E-state index is 0.0196. The van der Waals surface area contributed by atoms with E-state index in [-0.39, 0.29) is 18.8 Å². The van der Waals surface area contributed by atoms with E-state index < -0.39 is 25.2 Å². The van der Waals surface area contributed by atoms with Crippen molar-refractivity contribution in [1.29, 1.82) is 5.26 Å². The third-order valence-corrected chi connectivity index (χ3v) is 4.58. The predicted molar refractivity (Wildman–Crippen MR) is 76.4 cm³/mol. The summed E-state index contributed by atoms with van der Waals surface area (Å²) in [4.78, 5) is 0. The molecule has 0 radical (unpaired) electrons. The van der Waals surface area contributed by atoms with Gasteiger partial charge in [0.05, 0.1) is 18.8 Å². The molecule has 0 saturated carbocycles. The first-order valence-electron chi connectivity index (χ1n) is 6.79. The van der Waals surface area contributed by atoms with Crippen LogP contribution in [0.4, 0.5) is 13.2 Å². The fourth-order valence-electron chi connectivity index (χ4n) is 1.74. The van der Waals surface area contributed by atoms with Crippen LogP contribution in [0.3, 0.4) is 0 Å². The fourth-order valence-corrected chi connectivity index (χ4v) is 3.15. The molecular formula is C14H17F3NO4P. The van der Waals surface area contributed by atoms with Gasteiger partial charge in [0, 0.05) is 0 Å². The Hall–Kier alpha value is -1.39. The van der Waals surface area contributed by atoms with Gasteiger partial charge in [0.25, 0.3) is 0 Å². The Balaban J connectivity index is 3.14. The number of rotatable bonds is 7. The molecule has 128 valence electrons. The Labute approximate surface area is 132 Å². The second kappa shape index (κ2) is 7.45. The van der Waals surface area contributed by atoms with Crippen molar-refractivity contribution in [3.05, 3.63) is 35.4 Å². The molecule has 0 aromatic heterocycles. The third kappa shape index (κ3) is 5.05. The van der Waals surface area contributed by atoms with E-state index in [4.69, 9.17) is 13.6 Å². The van der Waals surface area contributed by atoms with Gasteiger partial charge >= 0.3 is 14.0 Å². The lowest BCUT2D eigenvalue weighted by Crippen LogP contribution is -2.24. The number of nitrogens with zero attached hydrogens (tertiary/aromatic N) is 1. The molecule has 23 heavy (non-hydrogen) atoms. The van der Waals surface area contributed by atoms with Gasteiger partial charge in [-0.05, 0) is 38.5 Å². The first-order chi connectivity index (χ1) is 10.6. The van der Waals surface area contributed by atoms with E-state index in [2.05, 4.69) is 0 Å². The molecule has 1 unspecified atom stereocenters. The van der Waals surface area contributed by atoms with Crippen molar-refractivity contribution in [2.75, 3.05) is 13.2 Å². The summed E-state index contributed by atoms with van der Waals surface area (Å²) in [6.45, 7) is 4.45. The standard InChI is InChI=1S/C14H17F3NO4P/c1-4-20-23(19,21-5-2)22-13(3,10-18)11-6-8-12(9-7-11)14(15,16)17/h6-9H,4-5H2,1-3H3. The Kier molecular flexibility index (Phi) is 6.37. The van der Waals surface area contributed by atoms with Gasteiger partial charge in [-0.1, -0.05) is 12.1 Å². The number of phosphoric ester groups is 1. The van der Waals surface area contributed by atoms with Crippen molar-refractivity contribution >= 4 is 7.82 Å². The van der Waals surface area contributed by atoms with Crippen molar-refractivity contribution in [2.24, 2.45) is 0 Å². The molecule has 9 heteroatoms. The Morgan fingerprint density at radius 2 is 1.52 bits per heavy atom. The molecule has 0 aliphatic carbocycles. The van der Waals surface area contributed by atoms with E-state index in [1.165, 1.54) is 6.92 Å². The zero-order valence-corrected chi connectivity index (χ0v) is 13.8. The van der Waals surface area contributed by atoms with E-state index in [0.29, 0.717) is 0 Å². The van der Waals surface area contributed by atoms with Crippen LogP contribution >= 0.6 is 7.82 Å². The highest BCUT2D eigenvalue weighted by Gasteiger charge is 2.40. The molecule has 0 saturated heterocycles. The van der Waals surface area contributed by atoms with Crippen LogP contribution in [0, 0.1) is 11.3 Å². The number of halogens is 3. The monoisotopic (exact) mass is 351 g/mol. The topological polar surface area (TPSA) is 68.6 Å². The minimum Gasteiger partial charge on any atom is -0.287 e. The number of alkyl halides is 3. The summed E-state index contributed by atoms with van der Waals surface area (Å²) in [7, 11) is -4.01. The summed E-state index contributed by atoms with van der Waals surface area (Å²) in [6, 6.07) is 5.61. The van der Waals surface area contributed by atoms with Gasteiger partial charge in [-0.2, -0.15) is 18.4 Å². The lowest BCUT2D eigenvalue weighted by atomic mass is 9.97. The highest BCUT2D eigenvalue weighted by atomic mass is 31.2. The number of hydrogen-bond donors (Lipinski definition) is 0. The van der Waals surface area contributed by atoms with Crippen molar-refractivity contribution in [3.63, 3.8) is 0 Å². The molecule has 0 fully saturated rings. The smallest absolute Gasteiger partial charge is 0.287 e. The Bertz CT molecular complexity index is 602. The quantitative estimate of drug-likeness (QED) is 0.669. The summed E-state index contributed by atoms with van der Waals surface area (Å²) < 4.78 is 65.3. The molecule has 0 aliphatic rings. The third-order valence-electron chi connectivity index (χ3n) is 2.85. The van der Waals surface area contributed by atoms with Crippen LogP contribution in [0.1, 0.15) is 31.9 Å². The van der Waals surface area contributed by atoms with Crippen molar-refractivity contribution in [1.82, 2.24) is 0 Å². The number of nitriles is 1. The molecule has 1 aromatic carbocycles. The molecule has 0 bridgehead atoms. The highest BCUT2D eigenvalue weighted by Crippen LogP contribution is 2.54. The molecular weight excluding hydrogens is 334 g/mol. The maximum atomic E-state index is 12.6. The largest absolute Gasteiger partial charge is 0.476 e. The average molecular weight is 351 g/mol. The van der Waals surface area contributed by atoms with Crippen LogP contribution in [0.15, 0.2) is 24.3 Å². The summed E-state index contributed by atoms with van der Waals surface area (Å²) in [5.74, 6) is 0. The molecule has 1 atom stereocenters. The predicted octanol–water partition coefficient (Wildman–Crippen LogP) is 4.64. The van der Waals surface area contributed by atoms with E-state index in [1.54, 1.807) is 19.9 Å². The van der Waals surface area contributed by atoms with Crippen LogP contribution in [0.25, 0.3) is 0 Å². The summed E-state index contributed by atoms with van der Waals surface area (Å²) in [6.07, 6.45) is -4.49. The van der Waals surface area contributed by atoms with Gasteiger partial charge in [0.2, 0.25) is 0 Å². The molecule has 0 aliphatic heterocycles. The van der Waals surface area contributed by atoms with Crippen LogP contribution < -0.4 is 0 Å². The number of hydrogen-bond acceptors (Lipinski definition) is 5. The molecule has 5 nitrogen and oxygen atoms in total. The second-order valence-electron chi connectivity index (χ2n) is 4.59. The molecule has 0 spiro atoms. The van der Waals surface area contributed by atoms with Gasteiger partial charge in [-0.25, -0.2) is 4.57 Å². The van der Waals surface area contributed by atoms with Gasteiger partial charge in [-0.15, -0.1) is 0 Å². The summed E-state index contributed by atoms with van der Waals surface area (Å²) in [5.41, 5.74) is -2.55. The zero-order chi connectivity index (χ0) is 17.7. The fraction of sp³-hybridized carbons (Fsp3) is 0.500. The van der Waals surface area contributed by atoms with Crippen molar-refractivity contribution in [2.45, 2.75) is 32.5 Å². The van der Waals surface area contributed by atoms with E-state index in [0.717, 1.165) is 24.3 Å². The lowest BCUT2D eigenvalue weighted by Gasteiger charge is -2.27. The van der Waals surface area contributed by atoms with Gasteiger partial charge < -0.3 is 0 Å². The molecule has 0 N–H and O–H groups in total. The first-order valence-corrected chi connectivity index (χ1v) is 8.25. The number of benzene rings is 1. The molecule has 0 amide bonds. The minimum atomic E-state index is -4.49. The van der Waals surface area contributed by atoms with Crippen LogP contribution in [0.5, 0.6) is 0 Å². The zero-order valence-electron chi connectivity index (χ0n) is 12.9. The van der Waals surface area contributed by atoms with Crippen molar-refractivity contribution in [3.8, 4) is 6.07 Å². The lowest BCUT2D eigenvalue weighted by molar-refractivity contribution is -0.137. The molecule has 0 heterocycles. The Morgan fingerprint density at radius 3 is 1.87 bits per heavy atom. The average Bonchev–Trinajstić information content (AvgIpc) is 2.46. The summed E-state index contributed by atoms with van der Waals surface area (Å²) in [5, 5.41) is 9.34. The van der Waals surface area contributed by atoms with Crippen molar-refractivity contribution < 1.29 is 31.3 Å². The maximum Gasteiger partial charge on any atom is 0.476 e. The normalized spacial score (nSPS) is 15.0. The second-order valence-corrected chi connectivity index (χ2v) is 6.19. The van der Waals surface area contributed by atoms with Gasteiger partial charge in [0.15, 0.2) is 5.60 Å². The van der Waals surface area contributed by atoms with Gasteiger partial charge in [0.1, 0.15) is 6.07 Å². The van der Waals surface area contributed by atoms with Crippen LogP contribution in [-0.4, -0.2) is 13.2 Å². The van der Waals surface area contributed by atoms with Gasteiger partial charge in [-0.3, -0.25) is 13.6 Å².